The molecular weight excluding hydrogens is 383 g/mol. The third-order valence-corrected chi connectivity index (χ3v) is 4.61. The van der Waals surface area contributed by atoms with E-state index in [0.29, 0.717) is 23.5 Å². The Morgan fingerprint density at radius 2 is 1.72 bits per heavy atom. The molecule has 1 aliphatic rings. The molecule has 1 unspecified atom stereocenters. The van der Waals surface area contributed by atoms with Gasteiger partial charge in [0.25, 0.3) is 0 Å². The molecule has 0 saturated heterocycles. The van der Waals surface area contributed by atoms with Gasteiger partial charge >= 0.3 is 6.36 Å². The number of methoxy groups -OCH3 is 1. The van der Waals surface area contributed by atoms with E-state index in [4.69, 9.17) is 9.47 Å². The Morgan fingerprint density at radius 3 is 2.52 bits per heavy atom. The van der Waals surface area contributed by atoms with E-state index < -0.39 is 6.36 Å². The molecule has 3 aromatic carbocycles. The number of hydrogen-bond acceptors (Lipinski definition) is 4. The Hall–Kier alpha value is -3.35. The number of halogens is 3. The van der Waals surface area contributed by atoms with Crippen molar-refractivity contribution in [2.75, 3.05) is 19.0 Å². The van der Waals surface area contributed by atoms with E-state index in [1.54, 1.807) is 19.2 Å². The van der Waals surface area contributed by atoms with E-state index in [1.165, 1.54) is 18.2 Å². The number of nitrogens with one attached hydrogen (secondary N) is 1. The molecule has 0 radical (unpaired) electrons. The van der Waals surface area contributed by atoms with Crippen LogP contribution in [0.1, 0.15) is 11.6 Å². The van der Waals surface area contributed by atoms with Gasteiger partial charge in [-0.05, 0) is 41.5 Å². The van der Waals surface area contributed by atoms with E-state index in [0.717, 1.165) is 17.0 Å². The molecular formula is C22H18F3NO3. The maximum atomic E-state index is 12.5. The van der Waals surface area contributed by atoms with Gasteiger partial charge in [-0.1, -0.05) is 36.4 Å². The van der Waals surface area contributed by atoms with E-state index in [2.05, 4.69) is 10.1 Å². The van der Waals surface area contributed by atoms with Crippen LogP contribution in [0.25, 0.3) is 11.1 Å². The number of hydrogen-bond donors (Lipinski definition) is 1. The molecule has 1 N–H and O–H groups in total. The lowest BCUT2D eigenvalue weighted by Crippen LogP contribution is -2.24. The second kappa shape index (κ2) is 7.58. The molecule has 1 heterocycles. The molecule has 0 fully saturated rings. The zero-order chi connectivity index (χ0) is 20.4. The normalized spacial score (nSPS) is 15.7. The summed E-state index contributed by atoms with van der Waals surface area (Å²) in [6.07, 6.45) is -4.74. The van der Waals surface area contributed by atoms with Crippen LogP contribution < -0.4 is 19.5 Å². The number of para-hydroxylation sites is 1. The first-order valence-electron chi connectivity index (χ1n) is 8.95. The first kappa shape index (κ1) is 19.0. The first-order chi connectivity index (χ1) is 13.9. The highest BCUT2D eigenvalue weighted by Gasteiger charge is 2.31. The largest absolute Gasteiger partial charge is 0.573 e. The van der Waals surface area contributed by atoms with Crippen molar-refractivity contribution in [3.05, 3.63) is 72.3 Å². The van der Waals surface area contributed by atoms with Gasteiger partial charge in [-0.25, -0.2) is 0 Å². The zero-order valence-electron chi connectivity index (χ0n) is 15.5. The highest BCUT2D eigenvalue weighted by Crippen LogP contribution is 2.42. The predicted octanol–water partition coefficient (Wildman–Crippen LogP) is 5.81. The van der Waals surface area contributed by atoms with Crippen LogP contribution >= 0.6 is 0 Å². The molecule has 4 nitrogen and oxygen atoms in total. The number of fused-ring (bicyclic) bond motifs is 1. The van der Waals surface area contributed by atoms with Crippen molar-refractivity contribution < 1.29 is 27.4 Å². The van der Waals surface area contributed by atoms with Gasteiger partial charge in [-0.3, -0.25) is 0 Å². The number of benzene rings is 3. The maximum Gasteiger partial charge on any atom is 0.573 e. The molecule has 1 aliphatic heterocycles. The van der Waals surface area contributed by atoms with Gasteiger partial charge in [0.05, 0.1) is 18.8 Å². The summed E-state index contributed by atoms with van der Waals surface area (Å²) in [5.74, 6) is 1.08. The number of ether oxygens (including phenoxy) is 3. The minimum Gasteiger partial charge on any atom is -0.497 e. The molecule has 0 aliphatic carbocycles. The summed E-state index contributed by atoms with van der Waals surface area (Å²) in [5, 5.41) is 3.44. The first-order valence-corrected chi connectivity index (χ1v) is 8.95. The number of anilines is 1. The van der Waals surface area contributed by atoms with Crippen molar-refractivity contribution in [3.63, 3.8) is 0 Å². The van der Waals surface area contributed by atoms with Crippen LogP contribution in [-0.4, -0.2) is 20.1 Å². The van der Waals surface area contributed by atoms with Crippen molar-refractivity contribution in [2.45, 2.75) is 12.4 Å². The molecule has 29 heavy (non-hydrogen) atoms. The summed E-state index contributed by atoms with van der Waals surface area (Å²) in [7, 11) is 1.61. The second-order valence-corrected chi connectivity index (χ2v) is 6.54. The Bertz CT molecular complexity index is 1020. The van der Waals surface area contributed by atoms with E-state index in [9.17, 15) is 13.2 Å². The van der Waals surface area contributed by atoms with Gasteiger partial charge in [0.2, 0.25) is 0 Å². The van der Waals surface area contributed by atoms with Crippen LogP contribution in [0.2, 0.25) is 0 Å². The fourth-order valence-corrected chi connectivity index (χ4v) is 3.33. The van der Waals surface area contributed by atoms with Gasteiger partial charge < -0.3 is 19.5 Å². The Kier molecular flexibility index (Phi) is 4.96. The van der Waals surface area contributed by atoms with Crippen LogP contribution in [0.4, 0.5) is 18.9 Å². The van der Waals surface area contributed by atoms with E-state index >= 15 is 0 Å². The van der Waals surface area contributed by atoms with Crippen molar-refractivity contribution in [1.82, 2.24) is 0 Å². The fourth-order valence-electron chi connectivity index (χ4n) is 3.33. The molecule has 0 spiro atoms. The fraction of sp³-hybridized carbons (Fsp3) is 0.182. The third kappa shape index (κ3) is 4.23. The summed E-state index contributed by atoms with van der Waals surface area (Å²) < 4.78 is 53.0. The minimum atomic E-state index is -4.74. The third-order valence-electron chi connectivity index (χ3n) is 4.61. The van der Waals surface area contributed by atoms with Crippen LogP contribution in [0.15, 0.2) is 66.7 Å². The lowest BCUT2D eigenvalue weighted by molar-refractivity contribution is -0.274. The van der Waals surface area contributed by atoms with Crippen LogP contribution in [0, 0.1) is 0 Å². The standard InChI is InChI=1S/C22H18F3NO3/c1-27-16-7-3-6-15(12-16)20-13-28-21-18(9-4-10-19(21)26-20)14-5-2-8-17(11-14)29-22(23,24)25/h2-12,20,26H,13H2,1H3. The SMILES string of the molecule is COc1cccc(C2COc3c(cccc3-c3cccc(OC(F)(F)F)c3)N2)c1. The molecule has 0 aromatic heterocycles. The lowest BCUT2D eigenvalue weighted by Gasteiger charge is -2.29. The summed E-state index contributed by atoms with van der Waals surface area (Å²) in [6, 6.07) is 19.0. The van der Waals surface area contributed by atoms with Crippen molar-refractivity contribution in [1.29, 1.82) is 0 Å². The second-order valence-electron chi connectivity index (χ2n) is 6.54. The average molecular weight is 401 g/mol. The molecule has 7 heteroatoms. The van der Waals surface area contributed by atoms with Gasteiger partial charge in [0, 0.05) is 5.56 Å². The van der Waals surface area contributed by atoms with Crippen molar-refractivity contribution >= 4 is 5.69 Å². The number of rotatable bonds is 4. The van der Waals surface area contributed by atoms with Crippen LogP contribution in [0.5, 0.6) is 17.2 Å². The van der Waals surface area contributed by atoms with E-state index in [1.807, 2.05) is 36.4 Å². The Balaban J connectivity index is 1.63. The summed E-state index contributed by atoms with van der Waals surface area (Å²) in [5.41, 5.74) is 3.04. The number of alkyl halides is 3. The highest BCUT2D eigenvalue weighted by atomic mass is 19.4. The molecule has 1 atom stereocenters. The highest BCUT2D eigenvalue weighted by molar-refractivity contribution is 5.79. The van der Waals surface area contributed by atoms with Crippen LogP contribution in [0.3, 0.4) is 0 Å². The van der Waals surface area contributed by atoms with Crippen molar-refractivity contribution in [2.24, 2.45) is 0 Å². The zero-order valence-corrected chi connectivity index (χ0v) is 15.5. The monoisotopic (exact) mass is 401 g/mol. The lowest BCUT2D eigenvalue weighted by atomic mass is 10.0. The van der Waals surface area contributed by atoms with Crippen molar-refractivity contribution in [3.8, 4) is 28.4 Å². The molecule has 4 rings (SSSR count). The van der Waals surface area contributed by atoms with Gasteiger partial charge in [0.1, 0.15) is 23.9 Å². The molecule has 0 bridgehead atoms. The summed E-state index contributed by atoms with van der Waals surface area (Å²) >= 11 is 0. The van der Waals surface area contributed by atoms with Gasteiger partial charge in [-0.15, -0.1) is 13.2 Å². The Labute approximate surface area is 165 Å². The molecule has 150 valence electrons. The average Bonchev–Trinajstić information content (AvgIpc) is 2.72. The molecule has 0 saturated carbocycles. The predicted molar refractivity (Wildman–Crippen MR) is 103 cm³/mol. The molecule has 3 aromatic rings. The van der Waals surface area contributed by atoms with Gasteiger partial charge in [-0.2, -0.15) is 0 Å². The maximum absolute atomic E-state index is 12.5. The quantitative estimate of drug-likeness (QED) is 0.599. The summed E-state index contributed by atoms with van der Waals surface area (Å²) in [6.45, 7) is 0.371. The smallest absolute Gasteiger partial charge is 0.497 e. The van der Waals surface area contributed by atoms with Crippen LogP contribution in [-0.2, 0) is 0 Å². The van der Waals surface area contributed by atoms with E-state index in [-0.39, 0.29) is 11.8 Å². The minimum absolute atomic E-state index is 0.0762. The molecule has 0 amide bonds. The van der Waals surface area contributed by atoms with Gasteiger partial charge in [0.15, 0.2) is 0 Å². The topological polar surface area (TPSA) is 39.7 Å². The summed E-state index contributed by atoms with van der Waals surface area (Å²) in [4.78, 5) is 0. The Morgan fingerprint density at radius 1 is 0.966 bits per heavy atom.